The molecule has 0 aliphatic carbocycles. The van der Waals surface area contributed by atoms with Gasteiger partial charge in [0.05, 0.1) is 6.61 Å². The van der Waals surface area contributed by atoms with Crippen LogP contribution in [0.4, 0.5) is 0 Å². The monoisotopic (exact) mass is 303 g/mol. The maximum absolute atomic E-state index is 6.33. The van der Waals surface area contributed by atoms with Crippen molar-refractivity contribution >= 4 is 23.2 Å². The molecule has 0 radical (unpaired) electrons. The smallest absolute Gasteiger partial charge is 0.0587 e. The highest BCUT2D eigenvalue weighted by atomic mass is 35.5. The van der Waals surface area contributed by atoms with E-state index in [2.05, 4.69) is 19.2 Å². The van der Waals surface area contributed by atoms with Gasteiger partial charge in [-0.15, -0.1) is 0 Å². The Morgan fingerprint density at radius 1 is 1.26 bits per heavy atom. The van der Waals surface area contributed by atoms with E-state index in [1.54, 1.807) is 7.11 Å². The summed E-state index contributed by atoms with van der Waals surface area (Å²) in [5, 5.41) is 4.92. The highest BCUT2D eigenvalue weighted by Crippen LogP contribution is 2.36. The lowest BCUT2D eigenvalue weighted by Crippen LogP contribution is -2.28. The van der Waals surface area contributed by atoms with E-state index in [0.29, 0.717) is 18.4 Å². The summed E-state index contributed by atoms with van der Waals surface area (Å²) in [5.74, 6) is 0.843. The van der Waals surface area contributed by atoms with Crippen LogP contribution in [0, 0.1) is 5.92 Å². The minimum atomic E-state index is 0.322. The molecule has 0 aliphatic heterocycles. The number of rotatable bonds is 8. The maximum Gasteiger partial charge on any atom is 0.0587 e. The van der Waals surface area contributed by atoms with Crippen LogP contribution in [-0.2, 0) is 4.74 Å². The number of methoxy groups -OCH3 is 1. The van der Waals surface area contributed by atoms with Crippen LogP contribution < -0.4 is 5.32 Å². The molecular formula is C15H23Cl2NO. The molecule has 4 heteroatoms. The lowest BCUT2D eigenvalue weighted by molar-refractivity contribution is 0.198. The Morgan fingerprint density at radius 3 is 2.42 bits per heavy atom. The van der Waals surface area contributed by atoms with Crippen LogP contribution in [0.5, 0.6) is 0 Å². The van der Waals surface area contributed by atoms with Gasteiger partial charge < -0.3 is 10.1 Å². The highest BCUT2D eigenvalue weighted by Gasteiger charge is 2.22. The summed E-state index contributed by atoms with van der Waals surface area (Å²) in [7, 11) is 1.71. The van der Waals surface area contributed by atoms with Gasteiger partial charge in [0.1, 0.15) is 0 Å². The number of halogens is 2. The Morgan fingerprint density at radius 2 is 1.89 bits per heavy atom. The zero-order valence-corrected chi connectivity index (χ0v) is 13.4. The van der Waals surface area contributed by atoms with Gasteiger partial charge in [0.15, 0.2) is 0 Å². The zero-order chi connectivity index (χ0) is 14.3. The predicted molar refractivity (Wildman–Crippen MR) is 83.4 cm³/mol. The second kappa shape index (κ2) is 8.80. The summed E-state index contributed by atoms with van der Waals surface area (Å²) < 4.78 is 5.05. The molecule has 2 atom stereocenters. The van der Waals surface area contributed by atoms with E-state index in [1.807, 2.05) is 18.2 Å². The van der Waals surface area contributed by atoms with Crippen LogP contribution in [0.3, 0.4) is 0 Å². The zero-order valence-electron chi connectivity index (χ0n) is 11.9. The lowest BCUT2D eigenvalue weighted by Gasteiger charge is -2.26. The van der Waals surface area contributed by atoms with Crippen molar-refractivity contribution in [3.63, 3.8) is 0 Å². The second-order valence-corrected chi connectivity index (χ2v) is 5.64. The fourth-order valence-electron chi connectivity index (χ4n) is 2.17. The summed E-state index contributed by atoms with van der Waals surface area (Å²) in [4.78, 5) is 0. The SMILES string of the molecule is CCC(C)C(CNCCOC)c1c(Cl)cccc1Cl. The Balaban J connectivity index is 2.84. The van der Waals surface area contributed by atoms with Crippen LogP contribution in [0.1, 0.15) is 31.7 Å². The molecule has 0 fully saturated rings. The van der Waals surface area contributed by atoms with Crippen molar-refractivity contribution in [1.29, 1.82) is 0 Å². The van der Waals surface area contributed by atoms with Gasteiger partial charge in [0.25, 0.3) is 0 Å². The highest BCUT2D eigenvalue weighted by molar-refractivity contribution is 6.36. The molecule has 1 N–H and O–H groups in total. The van der Waals surface area contributed by atoms with Crippen LogP contribution in [-0.4, -0.2) is 26.8 Å². The number of ether oxygens (including phenoxy) is 1. The minimum absolute atomic E-state index is 0.322. The number of nitrogens with one attached hydrogen (secondary N) is 1. The molecule has 108 valence electrons. The summed E-state index contributed by atoms with van der Waals surface area (Å²) in [6, 6.07) is 5.71. The maximum atomic E-state index is 6.33. The van der Waals surface area contributed by atoms with Crippen molar-refractivity contribution in [2.45, 2.75) is 26.2 Å². The van der Waals surface area contributed by atoms with Gasteiger partial charge in [0, 0.05) is 36.2 Å². The number of hydrogen-bond donors (Lipinski definition) is 1. The van der Waals surface area contributed by atoms with Crippen LogP contribution in [0.2, 0.25) is 10.0 Å². The minimum Gasteiger partial charge on any atom is -0.383 e. The first-order chi connectivity index (χ1) is 9.11. The van der Waals surface area contributed by atoms with Crippen molar-refractivity contribution in [2.75, 3.05) is 26.8 Å². The lowest BCUT2D eigenvalue weighted by atomic mass is 9.85. The molecule has 2 unspecified atom stereocenters. The largest absolute Gasteiger partial charge is 0.383 e. The third-order valence-electron chi connectivity index (χ3n) is 3.55. The molecule has 19 heavy (non-hydrogen) atoms. The summed E-state index contributed by atoms with van der Waals surface area (Å²) in [6.07, 6.45) is 1.10. The van der Waals surface area contributed by atoms with Gasteiger partial charge >= 0.3 is 0 Å². The van der Waals surface area contributed by atoms with E-state index in [4.69, 9.17) is 27.9 Å². The first kappa shape index (κ1) is 16.8. The molecule has 0 saturated carbocycles. The molecule has 0 spiro atoms. The van der Waals surface area contributed by atoms with Gasteiger partial charge in [-0.05, 0) is 23.6 Å². The van der Waals surface area contributed by atoms with Crippen LogP contribution in [0.15, 0.2) is 18.2 Å². The summed E-state index contributed by atoms with van der Waals surface area (Å²) in [5.41, 5.74) is 1.06. The van der Waals surface area contributed by atoms with Gasteiger partial charge in [0.2, 0.25) is 0 Å². The Labute approximate surface area is 126 Å². The molecule has 1 rings (SSSR count). The fourth-order valence-corrected chi connectivity index (χ4v) is 2.85. The second-order valence-electron chi connectivity index (χ2n) is 4.82. The molecule has 0 amide bonds. The Hall–Kier alpha value is -0.280. The van der Waals surface area contributed by atoms with Gasteiger partial charge in [-0.3, -0.25) is 0 Å². The van der Waals surface area contributed by atoms with Crippen molar-refractivity contribution < 1.29 is 4.74 Å². The third-order valence-corrected chi connectivity index (χ3v) is 4.21. The average Bonchev–Trinajstić information content (AvgIpc) is 2.40. The van der Waals surface area contributed by atoms with E-state index in [1.165, 1.54) is 0 Å². The molecule has 0 aromatic heterocycles. The summed E-state index contributed by atoms with van der Waals surface area (Å²) >= 11 is 12.7. The molecule has 0 aliphatic rings. The number of benzene rings is 1. The standard InChI is InChI=1S/C15H23Cl2NO/c1-4-11(2)12(10-18-8-9-19-3)15-13(16)6-5-7-14(15)17/h5-7,11-12,18H,4,8-10H2,1-3H3. The number of hydrogen-bond acceptors (Lipinski definition) is 2. The first-order valence-corrected chi connectivity index (χ1v) is 7.50. The van der Waals surface area contributed by atoms with Crippen LogP contribution in [0.25, 0.3) is 0 Å². The van der Waals surface area contributed by atoms with E-state index in [-0.39, 0.29) is 0 Å². The topological polar surface area (TPSA) is 21.3 Å². The predicted octanol–water partition coefficient (Wildman–Crippen LogP) is 4.36. The van der Waals surface area contributed by atoms with E-state index in [9.17, 15) is 0 Å². The third kappa shape index (κ3) is 4.96. The quantitative estimate of drug-likeness (QED) is 0.721. The van der Waals surface area contributed by atoms with Crippen molar-refractivity contribution in [3.05, 3.63) is 33.8 Å². The molecule has 0 saturated heterocycles. The Bertz CT molecular complexity index is 364. The fraction of sp³-hybridized carbons (Fsp3) is 0.600. The average molecular weight is 304 g/mol. The van der Waals surface area contributed by atoms with Crippen molar-refractivity contribution in [3.8, 4) is 0 Å². The van der Waals surface area contributed by atoms with Crippen LogP contribution >= 0.6 is 23.2 Å². The molecule has 0 heterocycles. The normalized spacial score (nSPS) is 14.4. The Kier molecular flexibility index (Phi) is 7.77. The van der Waals surface area contributed by atoms with E-state index >= 15 is 0 Å². The molecule has 0 bridgehead atoms. The molecule has 1 aromatic carbocycles. The van der Waals surface area contributed by atoms with E-state index in [0.717, 1.165) is 35.1 Å². The first-order valence-electron chi connectivity index (χ1n) is 6.75. The van der Waals surface area contributed by atoms with Crippen molar-refractivity contribution in [2.24, 2.45) is 5.92 Å². The van der Waals surface area contributed by atoms with E-state index < -0.39 is 0 Å². The molecular weight excluding hydrogens is 281 g/mol. The van der Waals surface area contributed by atoms with Gasteiger partial charge in [-0.1, -0.05) is 49.5 Å². The van der Waals surface area contributed by atoms with Crippen molar-refractivity contribution in [1.82, 2.24) is 5.32 Å². The molecule has 2 nitrogen and oxygen atoms in total. The molecule has 1 aromatic rings. The summed E-state index contributed by atoms with van der Waals surface area (Å²) in [6.45, 7) is 6.84. The van der Waals surface area contributed by atoms with Gasteiger partial charge in [-0.2, -0.15) is 0 Å². The van der Waals surface area contributed by atoms with Gasteiger partial charge in [-0.25, -0.2) is 0 Å².